The molecule has 1 aliphatic heterocycles. The van der Waals surface area contributed by atoms with Gasteiger partial charge in [-0.25, -0.2) is 4.79 Å². The number of ether oxygens (including phenoxy) is 1. The Bertz CT molecular complexity index is 244. The van der Waals surface area contributed by atoms with E-state index < -0.39 is 5.97 Å². The first-order valence-corrected chi connectivity index (χ1v) is 5.31. The third-order valence-corrected chi connectivity index (χ3v) is 2.74. The summed E-state index contributed by atoms with van der Waals surface area (Å²) in [6.07, 6.45) is 2.33. The number of carboxylic acid groups (broad SMARTS) is 1. The summed E-state index contributed by atoms with van der Waals surface area (Å²) in [6.45, 7) is 6.23. The van der Waals surface area contributed by atoms with Crippen LogP contribution in [0, 0.1) is 5.92 Å². The van der Waals surface area contributed by atoms with Gasteiger partial charge in [-0.1, -0.05) is 5.57 Å². The first-order chi connectivity index (χ1) is 7.09. The molecule has 0 aliphatic carbocycles. The highest BCUT2D eigenvalue weighted by Gasteiger charge is 2.21. The van der Waals surface area contributed by atoms with Crippen molar-refractivity contribution >= 4 is 5.97 Å². The number of carboxylic acids is 1. The molecule has 0 aromatic heterocycles. The van der Waals surface area contributed by atoms with Gasteiger partial charge in [-0.2, -0.15) is 0 Å². The monoisotopic (exact) mass is 213 g/mol. The average Bonchev–Trinajstić information content (AvgIpc) is 2.65. The Balaban J connectivity index is 2.26. The van der Waals surface area contributed by atoms with Crippen molar-refractivity contribution in [3.05, 3.63) is 11.6 Å². The Labute approximate surface area is 90.3 Å². The lowest BCUT2D eigenvalue weighted by atomic mass is 10.0. The highest BCUT2D eigenvalue weighted by Crippen LogP contribution is 2.16. The van der Waals surface area contributed by atoms with E-state index in [1.165, 1.54) is 6.08 Å². The molecular weight excluding hydrogens is 194 g/mol. The van der Waals surface area contributed by atoms with Crippen molar-refractivity contribution in [2.75, 3.05) is 19.8 Å². The zero-order valence-electron chi connectivity index (χ0n) is 9.32. The lowest BCUT2D eigenvalue weighted by Gasteiger charge is -2.19. The van der Waals surface area contributed by atoms with Crippen molar-refractivity contribution in [2.24, 2.45) is 5.92 Å². The van der Waals surface area contributed by atoms with Crippen molar-refractivity contribution in [3.63, 3.8) is 0 Å². The Morgan fingerprint density at radius 3 is 3.00 bits per heavy atom. The topological polar surface area (TPSA) is 58.6 Å². The smallest absolute Gasteiger partial charge is 0.328 e. The van der Waals surface area contributed by atoms with Gasteiger partial charge >= 0.3 is 5.97 Å². The van der Waals surface area contributed by atoms with Crippen molar-refractivity contribution in [1.29, 1.82) is 0 Å². The van der Waals surface area contributed by atoms with Gasteiger partial charge in [0.25, 0.3) is 0 Å². The number of rotatable bonds is 5. The maximum absolute atomic E-state index is 10.4. The van der Waals surface area contributed by atoms with Crippen LogP contribution in [0.2, 0.25) is 0 Å². The van der Waals surface area contributed by atoms with Crippen LogP contribution in [-0.2, 0) is 9.53 Å². The standard InChI is InChI=1S/C11H19NO3/c1-8(5-11(13)14)6-12-9(2)10-3-4-15-7-10/h5,9-10,12H,3-4,6-7H2,1-2H3,(H,13,14). The summed E-state index contributed by atoms with van der Waals surface area (Å²) in [7, 11) is 0. The van der Waals surface area contributed by atoms with E-state index >= 15 is 0 Å². The van der Waals surface area contributed by atoms with Gasteiger partial charge < -0.3 is 15.2 Å². The quantitative estimate of drug-likeness (QED) is 0.670. The summed E-state index contributed by atoms with van der Waals surface area (Å²) in [5, 5.41) is 11.9. The molecule has 0 bridgehead atoms. The molecule has 86 valence electrons. The molecule has 4 nitrogen and oxygen atoms in total. The Hall–Kier alpha value is -0.870. The van der Waals surface area contributed by atoms with Gasteiger partial charge in [0.2, 0.25) is 0 Å². The second-order valence-corrected chi connectivity index (χ2v) is 4.12. The van der Waals surface area contributed by atoms with E-state index in [9.17, 15) is 4.79 Å². The molecule has 0 radical (unpaired) electrons. The lowest BCUT2D eigenvalue weighted by molar-refractivity contribution is -0.131. The minimum Gasteiger partial charge on any atom is -0.478 e. The fraction of sp³-hybridized carbons (Fsp3) is 0.727. The van der Waals surface area contributed by atoms with Gasteiger partial charge in [0.1, 0.15) is 0 Å². The largest absolute Gasteiger partial charge is 0.478 e. The molecule has 2 unspecified atom stereocenters. The third-order valence-electron chi connectivity index (χ3n) is 2.74. The van der Waals surface area contributed by atoms with Crippen LogP contribution < -0.4 is 5.32 Å². The van der Waals surface area contributed by atoms with Crippen LogP contribution in [0.15, 0.2) is 11.6 Å². The molecule has 4 heteroatoms. The first kappa shape index (κ1) is 12.2. The van der Waals surface area contributed by atoms with E-state index in [-0.39, 0.29) is 0 Å². The molecule has 0 aromatic rings. The van der Waals surface area contributed by atoms with Gasteiger partial charge in [-0.05, 0) is 26.2 Å². The Morgan fingerprint density at radius 1 is 1.73 bits per heavy atom. The van der Waals surface area contributed by atoms with Crippen LogP contribution >= 0.6 is 0 Å². The summed E-state index contributed by atoms with van der Waals surface area (Å²) in [5.74, 6) is -0.325. The summed E-state index contributed by atoms with van der Waals surface area (Å²) >= 11 is 0. The fourth-order valence-corrected chi connectivity index (χ4v) is 1.70. The number of nitrogens with one attached hydrogen (secondary N) is 1. The predicted molar refractivity (Wildman–Crippen MR) is 57.8 cm³/mol. The normalized spacial score (nSPS) is 24.1. The van der Waals surface area contributed by atoms with Crippen LogP contribution in [0.1, 0.15) is 20.3 Å². The molecule has 2 atom stereocenters. The van der Waals surface area contributed by atoms with Gasteiger partial charge in [-0.15, -0.1) is 0 Å². The minimum atomic E-state index is -0.883. The summed E-state index contributed by atoms with van der Waals surface area (Å²) in [4.78, 5) is 10.4. The lowest BCUT2D eigenvalue weighted by Crippen LogP contribution is -2.34. The van der Waals surface area contributed by atoms with Crippen LogP contribution in [0.3, 0.4) is 0 Å². The number of aliphatic carboxylic acids is 1. The van der Waals surface area contributed by atoms with Crippen LogP contribution in [0.25, 0.3) is 0 Å². The molecule has 0 amide bonds. The molecule has 1 heterocycles. The van der Waals surface area contributed by atoms with E-state index in [0.717, 1.165) is 25.2 Å². The molecule has 0 spiro atoms. The Morgan fingerprint density at radius 2 is 2.47 bits per heavy atom. The maximum atomic E-state index is 10.4. The van der Waals surface area contributed by atoms with Gasteiger partial charge in [-0.3, -0.25) is 0 Å². The van der Waals surface area contributed by atoms with Crippen molar-refractivity contribution in [3.8, 4) is 0 Å². The van der Waals surface area contributed by atoms with Gasteiger partial charge in [0.05, 0.1) is 6.61 Å². The van der Waals surface area contributed by atoms with E-state index in [1.54, 1.807) is 0 Å². The second kappa shape index (κ2) is 5.88. The van der Waals surface area contributed by atoms with Crippen molar-refractivity contribution in [2.45, 2.75) is 26.3 Å². The van der Waals surface area contributed by atoms with Crippen molar-refractivity contribution < 1.29 is 14.6 Å². The molecule has 1 rings (SSSR count). The molecule has 0 aromatic carbocycles. The molecule has 0 saturated carbocycles. The summed E-state index contributed by atoms with van der Waals surface area (Å²) in [6, 6.07) is 0.379. The fourth-order valence-electron chi connectivity index (χ4n) is 1.70. The summed E-state index contributed by atoms with van der Waals surface area (Å²) < 4.78 is 5.30. The first-order valence-electron chi connectivity index (χ1n) is 5.31. The number of carbonyl (C=O) groups is 1. The number of hydrogen-bond donors (Lipinski definition) is 2. The molecule has 1 saturated heterocycles. The third kappa shape index (κ3) is 4.44. The predicted octanol–water partition coefficient (Wildman–Crippen LogP) is 1.03. The van der Waals surface area contributed by atoms with Crippen LogP contribution in [-0.4, -0.2) is 36.9 Å². The maximum Gasteiger partial charge on any atom is 0.328 e. The highest BCUT2D eigenvalue weighted by molar-refractivity contribution is 5.80. The second-order valence-electron chi connectivity index (χ2n) is 4.12. The highest BCUT2D eigenvalue weighted by atomic mass is 16.5. The molecule has 2 N–H and O–H groups in total. The van der Waals surface area contributed by atoms with Gasteiger partial charge in [0.15, 0.2) is 0 Å². The molecular formula is C11H19NO3. The zero-order valence-corrected chi connectivity index (χ0v) is 9.32. The van der Waals surface area contributed by atoms with E-state index in [2.05, 4.69) is 12.2 Å². The summed E-state index contributed by atoms with van der Waals surface area (Å²) in [5.41, 5.74) is 0.841. The van der Waals surface area contributed by atoms with E-state index in [0.29, 0.717) is 18.5 Å². The van der Waals surface area contributed by atoms with Crippen LogP contribution in [0.4, 0.5) is 0 Å². The van der Waals surface area contributed by atoms with E-state index in [4.69, 9.17) is 9.84 Å². The Kier molecular flexibility index (Phi) is 4.78. The molecule has 1 fully saturated rings. The molecule has 1 aliphatic rings. The minimum absolute atomic E-state index is 0.379. The molecule has 15 heavy (non-hydrogen) atoms. The average molecular weight is 213 g/mol. The van der Waals surface area contributed by atoms with E-state index in [1.807, 2.05) is 6.92 Å². The zero-order chi connectivity index (χ0) is 11.3. The van der Waals surface area contributed by atoms with Gasteiger partial charge in [0, 0.05) is 25.3 Å². The number of hydrogen-bond acceptors (Lipinski definition) is 3. The van der Waals surface area contributed by atoms with Crippen molar-refractivity contribution in [1.82, 2.24) is 5.32 Å². The SMILES string of the molecule is CC(=CC(=O)O)CNC(C)C1CCOC1. The van der Waals surface area contributed by atoms with Crippen LogP contribution in [0.5, 0.6) is 0 Å².